The van der Waals surface area contributed by atoms with E-state index >= 15 is 0 Å². The minimum atomic E-state index is -0.256. The summed E-state index contributed by atoms with van der Waals surface area (Å²) in [6, 6.07) is 3.81. The summed E-state index contributed by atoms with van der Waals surface area (Å²) < 4.78 is 5.27. The second kappa shape index (κ2) is 4.01. The summed E-state index contributed by atoms with van der Waals surface area (Å²) in [5, 5.41) is 10.2. The van der Waals surface area contributed by atoms with Crippen LogP contribution >= 0.6 is 0 Å². The maximum absolute atomic E-state index is 10.2. The molecule has 2 heteroatoms. The van der Waals surface area contributed by atoms with E-state index in [1.165, 1.54) is 12.8 Å². The van der Waals surface area contributed by atoms with E-state index in [-0.39, 0.29) is 11.5 Å². The Morgan fingerprint density at radius 1 is 1.60 bits per heavy atom. The highest BCUT2D eigenvalue weighted by Crippen LogP contribution is 2.44. The minimum absolute atomic E-state index is 0.256. The molecule has 1 fully saturated rings. The third kappa shape index (κ3) is 2.25. The molecular weight excluding hydrogens is 188 g/mol. The normalized spacial score (nSPS) is 26.7. The molecule has 1 saturated carbocycles. The monoisotopic (exact) mass is 208 g/mol. The van der Waals surface area contributed by atoms with Crippen LogP contribution in [-0.2, 0) is 6.42 Å². The molecule has 1 heterocycles. The average molecular weight is 208 g/mol. The van der Waals surface area contributed by atoms with Crippen LogP contribution in [0.2, 0.25) is 0 Å². The molecule has 0 aliphatic heterocycles. The van der Waals surface area contributed by atoms with Gasteiger partial charge in [0.1, 0.15) is 5.76 Å². The predicted octanol–water partition coefficient (Wildman–Crippen LogP) is 3.01. The van der Waals surface area contributed by atoms with Crippen LogP contribution in [-0.4, -0.2) is 11.2 Å². The van der Waals surface area contributed by atoms with Crippen molar-refractivity contribution in [2.24, 2.45) is 11.3 Å². The van der Waals surface area contributed by atoms with Crippen molar-refractivity contribution in [2.75, 3.05) is 0 Å². The van der Waals surface area contributed by atoms with Gasteiger partial charge in [-0.15, -0.1) is 0 Å². The average Bonchev–Trinajstić information content (AvgIpc) is 2.73. The summed E-state index contributed by atoms with van der Waals surface area (Å²) >= 11 is 0. The summed E-state index contributed by atoms with van der Waals surface area (Å²) in [6.07, 6.45) is 5.69. The molecule has 0 saturated heterocycles. The fourth-order valence-electron chi connectivity index (χ4n) is 2.84. The molecule has 1 N–H and O–H groups in total. The van der Waals surface area contributed by atoms with Crippen LogP contribution < -0.4 is 0 Å². The molecule has 2 nitrogen and oxygen atoms in total. The molecule has 15 heavy (non-hydrogen) atoms. The maximum Gasteiger partial charge on any atom is 0.106 e. The molecule has 2 atom stereocenters. The Bertz CT molecular complexity index is 300. The molecular formula is C13H20O2. The third-order valence-electron chi connectivity index (χ3n) is 3.79. The number of aliphatic hydroxyl groups excluding tert-OH is 1. The topological polar surface area (TPSA) is 33.4 Å². The van der Waals surface area contributed by atoms with E-state index in [9.17, 15) is 5.11 Å². The molecule has 0 aromatic carbocycles. The maximum atomic E-state index is 10.2. The van der Waals surface area contributed by atoms with Crippen LogP contribution in [0.1, 0.15) is 38.9 Å². The first-order chi connectivity index (χ1) is 7.09. The van der Waals surface area contributed by atoms with E-state index in [1.54, 1.807) is 6.26 Å². The fourth-order valence-corrected chi connectivity index (χ4v) is 2.84. The molecule has 0 radical (unpaired) electrons. The highest BCUT2D eigenvalue weighted by Gasteiger charge is 2.38. The summed E-state index contributed by atoms with van der Waals surface area (Å²) in [5.41, 5.74) is 0.284. The Kier molecular flexibility index (Phi) is 2.87. The van der Waals surface area contributed by atoms with Gasteiger partial charge < -0.3 is 9.52 Å². The molecule has 0 amide bonds. The van der Waals surface area contributed by atoms with Gasteiger partial charge >= 0.3 is 0 Å². The van der Waals surface area contributed by atoms with Gasteiger partial charge in [0.2, 0.25) is 0 Å². The van der Waals surface area contributed by atoms with Crippen molar-refractivity contribution in [3.63, 3.8) is 0 Å². The van der Waals surface area contributed by atoms with Crippen molar-refractivity contribution >= 4 is 0 Å². The smallest absolute Gasteiger partial charge is 0.106 e. The molecule has 2 rings (SSSR count). The summed E-state index contributed by atoms with van der Waals surface area (Å²) in [4.78, 5) is 0. The Morgan fingerprint density at radius 3 is 2.93 bits per heavy atom. The van der Waals surface area contributed by atoms with Crippen molar-refractivity contribution in [1.29, 1.82) is 0 Å². The van der Waals surface area contributed by atoms with Crippen molar-refractivity contribution in [3.05, 3.63) is 24.2 Å². The van der Waals surface area contributed by atoms with E-state index < -0.39 is 0 Å². The van der Waals surface area contributed by atoms with Gasteiger partial charge in [-0.25, -0.2) is 0 Å². The van der Waals surface area contributed by atoms with E-state index in [0.29, 0.717) is 12.3 Å². The highest BCUT2D eigenvalue weighted by atomic mass is 16.3. The van der Waals surface area contributed by atoms with E-state index in [2.05, 4.69) is 13.8 Å². The molecule has 84 valence electrons. The zero-order valence-electron chi connectivity index (χ0n) is 9.57. The number of hydrogen-bond donors (Lipinski definition) is 1. The Morgan fingerprint density at radius 2 is 2.40 bits per heavy atom. The standard InChI is InChI=1S/C13H20O2/c1-13(2)7-3-6-11(13)12(14)9-10-5-4-8-15-10/h4-5,8,11-12,14H,3,6-7,9H2,1-2H3. The van der Waals surface area contributed by atoms with Crippen LogP contribution in [0.5, 0.6) is 0 Å². The van der Waals surface area contributed by atoms with Crippen LogP contribution in [0.4, 0.5) is 0 Å². The Labute approximate surface area is 91.3 Å². The van der Waals surface area contributed by atoms with E-state index in [4.69, 9.17) is 4.42 Å². The molecule has 1 aliphatic rings. The summed E-state index contributed by atoms with van der Waals surface area (Å²) in [5.74, 6) is 1.31. The van der Waals surface area contributed by atoms with Crippen LogP contribution in [0, 0.1) is 11.3 Å². The van der Waals surface area contributed by atoms with Crippen molar-refractivity contribution < 1.29 is 9.52 Å². The van der Waals surface area contributed by atoms with Crippen molar-refractivity contribution in [3.8, 4) is 0 Å². The number of rotatable bonds is 3. The Hall–Kier alpha value is -0.760. The molecule has 0 spiro atoms. The van der Waals surface area contributed by atoms with Crippen molar-refractivity contribution in [2.45, 2.75) is 45.6 Å². The lowest BCUT2D eigenvalue weighted by atomic mass is 9.77. The number of hydrogen-bond acceptors (Lipinski definition) is 2. The largest absolute Gasteiger partial charge is 0.469 e. The van der Waals surface area contributed by atoms with Crippen LogP contribution in [0.3, 0.4) is 0 Å². The fraction of sp³-hybridized carbons (Fsp3) is 0.692. The van der Waals surface area contributed by atoms with Gasteiger partial charge in [-0.1, -0.05) is 20.3 Å². The highest BCUT2D eigenvalue weighted by molar-refractivity contribution is 5.01. The predicted molar refractivity (Wildman–Crippen MR) is 59.5 cm³/mol. The van der Waals surface area contributed by atoms with Crippen LogP contribution in [0.25, 0.3) is 0 Å². The second-order valence-corrected chi connectivity index (χ2v) is 5.34. The minimum Gasteiger partial charge on any atom is -0.469 e. The SMILES string of the molecule is CC1(C)CCCC1C(O)Cc1ccco1. The molecule has 1 aliphatic carbocycles. The lowest BCUT2D eigenvalue weighted by Gasteiger charge is -2.30. The van der Waals surface area contributed by atoms with E-state index in [0.717, 1.165) is 12.2 Å². The van der Waals surface area contributed by atoms with Gasteiger partial charge in [-0.2, -0.15) is 0 Å². The van der Waals surface area contributed by atoms with Gasteiger partial charge in [0.15, 0.2) is 0 Å². The first-order valence-corrected chi connectivity index (χ1v) is 5.80. The summed E-state index contributed by atoms with van der Waals surface area (Å²) in [6.45, 7) is 4.52. The van der Waals surface area contributed by atoms with Gasteiger partial charge in [0.25, 0.3) is 0 Å². The molecule has 1 aromatic rings. The van der Waals surface area contributed by atoms with Gasteiger partial charge in [-0.05, 0) is 36.3 Å². The van der Waals surface area contributed by atoms with Gasteiger partial charge in [0.05, 0.1) is 12.4 Å². The lowest BCUT2D eigenvalue weighted by Crippen LogP contribution is -2.31. The quantitative estimate of drug-likeness (QED) is 0.828. The van der Waals surface area contributed by atoms with Crippen LogP contribution in [0.15, 0.2) is 22.8 Å². The zero-order valence-corrected chi connectivity index (χ0v) is 9.57. The molecule has 1 aromatic heterocycles. The Balaban J connectivity index is 1.99. The zero-order chi connectivity index (χ0) is 10.9. The second-order valence-electron chi connectivity index (χ2n) is 5.34. The van der Waals surface area contributed by atoms with Crippen molar-refractivity contribution in [1.82, 2.24) is 0 Å². The number of furan rings is 1. The first kappa shape index (κ1) is 10.7. The third-order valence-corrected chi connectivity index (χ3v) is 3.79. The lowest BCUT2D eigenvalue weighted by molar-refractivity contribution is 0.0506. The molecule has 2 unspecified atom stereocenters. The first-order valence-electron chi connectivity index (χ1n) is 5.80. The van der Waals surface area contributed by atoms with Gasteiger partial charge in [-0.3, -0.25) is 0 Å². The molecule has 0 bridgehead atoms. The van der Waals surface area contributed by atoms with E-state index in [1.807, 2.05) is 12.1 Å². The number of aliphatic hydroxyl groups is 1. The van der Waals surface area contributed by atoms with Gasteiger partial charge in [0, 0.05) is 6.42 Å². The summed E-state index contributed by atoms with van der Waals surface area (Å²) in [7, 11) is 0.